The highest BCUT2D eigenvalue weighted by Crippen LogP contribution is 2.20. The van der Waals surface area contributed by atoms with E-state index in [9.17, 15) is 0 Å². The second kappa shape index (κ2) is 5.65. The summed E-state index contributed by atoms with van der Waals surface area (Å²) in [7, 11) is 2.08. The molecule has 1 aliphatic rings. The number of nitrogens with zero attached hydrogens (tertiary/aromatic N) is 4. The van der Waals surface area contributed by atoms with Crippen molar-refractivity contribution in [2.24, 2.45) is 0 Å². The third-order valence-corrected chi connectivity index (χ3v) is 3.69. The van der Waals surface area contributed by atoms with Crippen LogP contribution in [0.15, 0.2) is 12.4 Å². The summed E-state index contributed by atoms with van der Waals surface area (Å²) in [5.41, 5.74) is 0. The summed E-state index contributed by atoms with van der Waals surface area (Å²) in [4.78, 5) is 13.1. The Morgan fingerprint density at radius 2 is 2.12 bits per heavy atom. The number of likely N-dealkylation sites (tertiary alicyclic amines) is 1. The average molecular weight is 255 g/mol. The van der Waals surface area contributed by atoms with Gasteiger partial charge in [-0.15, -0.1) is 0 Å². The highest BCUT2D eigenvalue weighted by atomic mass is 35.5. The number of rotatable bonds is 3. The molecule has 5 heteroatoms. The van der Waals surface area contributed by atoms with E-state index in [0.717, 1.165) is 12.4 Å². The first kappa shape index (κ1) is 12.6. The number of anilines is 1. The molecule has 2 rings (SSSR count). The SMILES string of the molecule is CCN1CCC(N(C)c2cncc(Cl)n2)CC1. The van der Waals surface area contributed by atoms with E-state index in [0.29, 0.717) is 11.2 Å². The molecule has 17 heavy (non-hydrogen) atoms. The lowest BCUT2D eigenvalue weighted by atomic mass is 10.0. The molecule has 0 unspecified atom stereocenters. The predicted molar refractivity (Wildman–Crippen MR) is 70.6 cm³/mol. The summed E-state index contributed by atoms with van der Waals surface area (Å²) in [5, 5.41) is 0.459. The van der Waals surface area contributed by atoms with Crippen LogP contribution in [-0.2, 0) is 0 Å². The molecule has 0 saturated carbocycles. The molecular weight excluding hydrogens is 236 g/mol. The van der Waals surface area contributed by atoms with Crippen LogP contribution >= 0.6 is 11.6 Å². The van der Waals surface area contributed by atoms with Crippen LogP contribution in [0.3, 0.4) is 0 Å². The zero-order valence-corrected chi connectivity index (χ0v) is 11.2. The minimum atomic E-state index is 0.459. The monoisotopic (exact) mass is 254 g/mol. The van der Waals surface area contributed by atoms with Gasteiger partial charge in [0.2, 0.25) is 0 Å². The van der Waals surface area contributed by atoms with Crippen molar-refractivity contribution in [1.82, 2.24) is 14.9 Å². The summed E-state index contributed by atoms with van der Waals surface area (Å²) < 4.78 is 0. The van der Waals surface area contributed by atoms with Crippen molar-refractivity contribution in [3.63, 3.8) is 0 Å². The Hall–Kier alpha value is -0.870. The summed E-state index contributed by atoms with van der Waals surface area (Å²) in [6, 6.07) is 0.547. The van der Waals surface area contributed by atoms with Crippen molar-refractivity contribution in [2.45, 2.75) is 25.8 Å². The number of aromatic nitrogens is 2. The van der Waals surface area contributed by atoms with Crippen LogP contribution < -0.4 is 4.90 Å². The lowest BCUT2D eigenvalue weighted by molar-refractivity contribution is 0.220. The first-order valence-corrected chi connectivity index (χ1v) is 6.51. The van der Waals surface area contributed by atoms with Gasteiger partial charge < -0.3 is 9.80 Å². The van der Waals surface area contributed by atoms with Gasteiger partial charge in [-0.3, -0.25) is 4.98 Å². The maximum atomic E-state index is 5.86. The number of piperidine rings is 1. The Morgan fingerprint density at radius 3 is 2.71 bits per heavy atom. The molecule has 0 aromatic carbocycles. The minimum absolute atomic E-state index is 0.459. The molecule has 0 radical (unpaired) electrons. The van der Waals surface area contributed by atoms with Gasteiger partial charge in [-0.05, 0) is 19.4 Å². The van der Waals surface area contributed by atoms with Gasteiger partial charge in [-0.25, -0.2) is 4.98 Å². The molecule has 0 N–H and O–H groups in total. The first-order valence-electron chi connectivity index (χ1n) is 6.13. The third-order valence-electron chi connectivity index (χ3n) is 3.51. The fourth-order valence-electron chi connectivity index (χ4n) is 2.31. The first-order chi connectivity index (χ1) is 8.20. The second-order valence-electron chi connectivity index (χ2n) is 4.48. The standard InChI is InChI=1S/C12H19ClN4/c1-3-17-6-4-10(5-7-17)16(2)12-9-14-8-11(13)15-12/h8-10H,3-7H2,1-2H3. The van der Waals surface area contributed by atoms with Crippen LogP contribution in [0.5, 0.6) is 0 Å². The van der Waals surface area contributed by atoms with Crippen molar-refractivity contribution in [1.29, 1.82) is 0 Å². The molecule has 0 atom stereocenters. The summed E-state index contributed by atoms with van der Waals surface area (Å²) in [6.45, 7) is 5.69. The predicted octanol–water partition coefficient (Wildman–Crippen LogP) is 2.05. The molecule has 0 amide bonds. The quantitative estimate of drug-likeness (QED) is 0.827. The Morgan fingerprint density at radius 1 is 1.41 bits per heavy atom. The largest absolute Gasteiger partial charge is 0.355 e. The zero-order valence-electron chi connectivity index (χ0n) is 10.4. The summed E-state index contributed by atoms with van der Waals surface area (Å²) in [5.74, 6) is 0.868. The van der Waals surface area contributed by atoms with Gasteiger partial charge >= 0.3 is 0 Å². The molecule has 1 saturated heterocycles. The Kier molecular flexibility index (Phi) is 4.18. The van der Waals surface area contributed by atoms with E-state index in [2.05, 4.69) is 33.7 Å². The fraction of sp³-hybridized carbons (Fsp3) is 0.667. The van der Waals surface area contributed by atoms with Gasteiger partial charge in [-0.2, -0.15) is 0 Å². The van der Waals surface area contributed by atoms with Crippen LogP contribution in [0.1, 0.15) is 19.8 Å². The van der Waals surface area contributed by atoms with Crippen LogP contribution in [0, 0.1) is 0 Å². The normalized spacial score (nSPS) is 18.3. The van der Waals surface area contributed by atoms with Gasteiger partial charge in [0.25, 0.3) is 0 Å². The van der Waals surface area contributed by atoms with Crippen LogP contribution in [0.2, 0.25) is 5.15 Å². The van der Waals surface area contributed by atoms with E-state index in [4.69, 9.17) is 11.6 Å². The molecular formula is C12H19ClN4. The molecule has 1 aromatic rings. The Labute approximate surface area is 108 Å². The minimum Gasteiger partial charge on any atom is -0.355 e. The second-order valence-corrected chi connectivity index (χ2v) is 4.86. The van der Waals surface area contributed by atoms with Crippen LogP contribution in [-0.4, -0.2) is 47.6 Å². The number of halogens is 1. The van der Waals surface area contributed by atoms with Crippen LogP contribution in [0.25, 0.3) is 0 Å². The van der Waals surface area contributed by atoms with Crippen molar-refractivity contribution >= 4 is 17.4 Å². The molecule has 4 nitrogen and oxygen atoms in total. The topological polar surface area (TPSA) is 32.3 Å². The van der Waals surface area contributed by atoms with E-state index in [1.807, 2.05) is 0 Å². The molecule has 1 aromatic heterocycles. The highest BCUT2D eigenvalue weighted by molar-refractivity contribution is 6.29. The lowest BCUT2D eigenvalue weighted by Gasteiger charge is -2.36. The summed E-state index contributed by atoms with van der Waals surface area (Å²) >= 11 is 5.86. The lowest BCUT2D eigenvalue weighted by Crippen LogP contribution is -2.43. The van der Waals surface area contributed by atoms with Crippen molar-refractivity contribution in [2.75, 3.05) is 31.6 Å². The molecule has 0 spiro atoms. The molecule has 1 fully saturated rings. The third kappa shape index (κ3) is 3.07. The molecule has 1 aliphatic heterocycles. The van der Waals surface area contributed by atoms with E-state index in [1.54, 1.807) is 12.4 Å². The van der Waals surface area contributed by atoms with Gasteiger partial charge in [0.1, 0.15) is 11.0 Å². The van der Waals surface area contributed by atoms with E-state index >= 15 is 0 Å². The fourth-order valence-corrected chi connectivity index (χ4v) is 2.46. The van der Waals surface area contributed by atoms with E-state index in [1.165, 1.54) is 25.9 Å². The average Bonchev–Trinajstić information content (AvgIpc) is 2.38. The summed E-state index contributed by atoms with van der Waals surface area (Å²) in [6.07, 6.45) is 5.70. The Balaban J connectivity index is 1.99. The van der Waals surface area contributed by atoms with Crippen LogP contribution in [0.4, 0.5) is 5.82 Å². The molecule has 94 valence electrons. The Bertz CT molecular complexity index is 363. The van der Waals surface area contributed by atoms with Gasteiger partial charge in [0, 0.05) is 26.2 Å². The number of hydrogen-bond donors (Lipinski definition) is 0. The maximum Gasteiger partial charge on any atom is 0.149 e. The van der Waals surface area contributed by atoms with Crippen molar-refractivity contribution in [3.8, 4) is 0 Å². The number of hydrogen-bond acceptors (Lipinski definition) is 4. The smallest absolute Gasteiger partial charge is 0.149 e. The molecule has 2 heterocycles. The van der Waals surface area contributed by atoms with Crippen molar-refractivity contribution < 1.29 is 0 Å². The van der Waals surface area contributed by atoms with Gasteiger partial charge in [0.05, 0.1) is 12.4 Å². The van der Waals surface area contributed by atoms with E-state index in [-0.39, 0.29) is 0 Å². The zero-order chi connectivity index (χ0) is 12.3. The van der Waals surface area contributed by atoms with Crippen molar-refractivity contribution in [3.05, 3.63) is 17.5 Å². The maximum absolute atomic E-state index is 5.86. The highest BCUT2D eigenvalue weighted by Gasteiger charge is 2.22. The van der Waals surface area contributed by atoms with Gasteiger partial charge in [0.15, 0.2) is 0 Å². The molecule has 0 aliphatic carbocycles. The molecule has 0 bridgehead atoms. The van der Waals surface area contributed by atoms with Gasteiger partial charge in [-0.1, -0.05) is 18.5 Å². The van der Waals surface area contributed by atoms with E-state index < -0.39 is 0 Å².